The van der Waals surface area contributed by atoms with Crippen LogP contribution in [0.2, 0.25) is 0 Å². The van der Waals surface area contributed by atoms with Gasteiger partial charge in [-0.15, -0.1) is 12.4 Å². The molecule has 10 rings (SSSR count). The number of nitrogens with two attached hydrogens (primary N) is 1. The first-order chi connectivity index (χ1) is 35.6. The molecule has 6 heterocycles. The number of aryl methyl sites for hydroxylation is 1. The number of piperidine rings is 3. The molecule has 0 spiro atoms. The molecular formula is C60H89ClN12O2. The average Bonchev–Trinajstić information content (AvgIpc) is 4.39. The van der Waals surface area contributed by atoms with E-state index in [4.69, 9.17) is 5.73 Å². The number of benzene rings is 2. The van der Waals surface area contributed by atoms with Crippen LogP contribution in [-0.2, 0) is 16.0 Å². The zero-order chi connectivity index (χ0) is 52.0. The summed E-state index contributed by atoms with van der Waals surface area (Å²) in [5.41, 5.74) is 11.3. The number of aromatic nitrogens is 6. The lowest BCUT2D eigenvalue weighted by Crippen LogP contribution is -2.44. The highest BCUT2D eigenvalue weighted by Crippen LogP contribution is 2.39. The van der Waals surface area contributed by atoms with Crippen LogP contribution in [0.1, 0.15) is 117 Å². The predicted molar refractivity (Wildman–Crippen MR) is 313 cm³/mol. The fourth-order valence-electron chi connectivity index (χ4n) is 8.76. The third kappa shape index (κ3) is 24.6. The van der Waals surface area contributed by atoms with Gasteiger partial charge in [0.2, 0.25) is 11.9 Å². The standard InChI is InChI=1S/C21H26N4.C12H15N.C9H11N3O.C6H8N2.C6H15N.C5H9NO.CH4.ClH/c1-16(14-17-6-3-2-4-7-17)19-15-20(19)24-18-8-12-25(13-9-18)21-22-10-5-11-23-21;1-9(11-8-12(11)13)7-10-5-3-2-4-6-10;13-8-2-6-12(7-3-8)9-10-4-1-5-11-9;1-2-6-7-4-3-5-8-6;1-4-7(5-2)6-3;7-5-1-3-6-4-2-5;;/h2-7,10-11,14,18-20,24H,8-9,12-13,15H2,1H3;2-7,11-12H,8,13H2,1H3;1,4-5H,2-3,6-7H2;3-5H,2H2,1H3;4-6H2,1-3H3;6H,1-4H2;1H4;1H/b16-14+;9-7+;;;;;;/t19-,20+;11-,12+;;;;;;/m00....../s1. The molecule has 5 fully saturated rings. The van der Waals surface area contributed by atoms with Crippen molar-refractivity contribution in [2.75, 3.05) is 68.7 Å². The van der Waals surface area contributed by atoms with Crippen molar-refractivity contribution in [3.63, 3.8) is 0 Å². The lowest BCUT2D eigenvalue weighted by molar-refractivity contribution is -0.120. The Labute approximate surface area is 456 Å². The number of halogens is 1. The Kier molecular flexibility index (Phi) is 30.7. The van der Waals surface area contributed by atoms with Crippen molar-refractivity contribution in [3.05, 3.63) is 144 Å². The number of carbonyl (C=O) groups is 2. The van der Waals surface area contributed by atoms with Crippen LogP contribution in [0.3, 0.4) is 0 Å². The number of ketones is 2. The molecule has 4 atom stereocenters. The maximum Gasteiger partial charge on any atom is 0.225 e. The van der Waals surface area contributed by atoms with Crippen LogP contribution in [-0.4, -0.2) is 123 Å². The first kappa shape index (κ1) is 63.5. The topological polar surface area (TPSA) is 171 Å². The Balaban J connectivity index is 0.000000255. The smallest absolute Gasteiger partial charge is 0.225 e. The molecule has 15 heteroatoms. The summed E-state index contributed by atoms with van der Waals surface area (Å²) in [6, 6.07) is 28.2. The summed E-state index contributed by atoms with van der Waals surface area (Å²) in [7, 11) is 0. The molecule has 0 amide bonds. The van der Waals surface area contributed by atoms with Crippen molar-refractivity contribution in [2.45, 2.75) is 125 Å². The summed E-state index contributed by atoms with van der Waals surface area (Å²) in [4.78, 5) is 53.1. The number of hydrogen-bond acceptors (Lipinski definition) is 14. The molecule has 2 aliphatic carbocycles. The maximum atomic E-state index is 11.0. The van der Waals surface area contributed by atoms with Crippen LogP contribution in [0.4, 0.5) is 11.9 Å². The van der Waals surface area contributed by atoms with E-state index in [0.717, 1.165) is 82.7 Å². The second-order valence-electron chi connectivity index (χ2n) is 19.0. The number of hydrogen-bond donors (Lipinski definition) is 3. The molecule has 3 aliphatic heterocycles. The molecule has 2 aromatic carbocycles. The van der Waals surface area contributed by atoms with Crippen LogP contribution >= 0.6 is 12.4 Å². The molecule has 0 bridgehead atoms. The molecule has 5 aliphatic rings. The first-order valence-corrected chi connectivity index (χ1v) is 26.8. The number of nitrogens with zero attached hydrogens (tertiary/aromatic N) is 9. The molecule has 14 nitrogen and oxygen atoms in total. The van der Waals surface area contributed by atoms with Crippen LogP contribution in [0.15, 0.2) is 127 Å². The number of carbonyl (C=O) groups excluding carboxylic acids is 2. The van der Waals surface area contributed by atoms with Gasteiger partial charge in [-0.05, 0) is 100 Å². The van der Waals surface area contributed by atoms with E-state index in [1.807, 2.05) is 42.4 Å². The molecule has 0 unspecified atom stereocenters. The summed E-state index contributed by atoms with van der Waals surface area (Å²) in [5.74, 6) is 4.59. The second kappa shape index (κ2) is 36.3. The SMILES string of the molecule is C.C/C(=C\c1ccccc1)[C@@H]1C[C@H]1N.C/C(=C\c1ccccc1)[C@@H]1C[C@H]1NC1CCN(c2ncccn2)CC1.CCN(CC)CC.CCc1ncccn1.Cl.O=C1CCN(c2ncccn2)CC1.O=C1CCNCC1. The Morgan fingerprint density at radius 1 is 0.613 bits per heavy atom. The van der Waals surface area contributed by atoms with Crippen LogP contribution < -0.4 is 26.2 Å². The summed E-state index contributed by atoms with van der Waals surface area (Å²) in [5, 5.41) is 6.97. The van der Waals surface area contributed by atoms with Crippen LogP contribution in [0, 0.1) is 11.8 Å². The van der Waals surface area contributed by atoms with Crippen molar-refractivity contribution in [1.29, 1.82) is 0 Å². The molecule has 0 radical (unpaired) electrons. The number of Topliss-reactive ketones (excluding diaryl/α,β-unsaturated/α-hetero) is 2. The highest BCUT2D eigenvalue weighted by molar-refractivity contribution is 5.85. The summed E-state index contributed by atoms with van der Waals surface area (Å²) in [6.45, 7) is 22.0. The van der Waals surface area contributed by atoms with Crippen molar-refractivity contribution in [3.8, 4) is 0 Å². The van der Waals surface area contributed by atoms with Crippen molar-refractivity contribution in [1.82, 2.24) is 45.4 Å². The highest BCUT2D eigenvalue weighted by atomic mass is 35.5. The van der Waals surface area contributed by atoms with E-state index in [0.29, 0.717) is 54.4 Å². The maximum absolute atomic E-state index is 11.0. The van der Waals surface area contributed by atoms with E-state index in [1.54, 1.807) is 30.9 Å². The lowest BCUT2D eigenvalue weighted by Gasteiger charge is -2.32. The monoisotopic (exact) mass is 1040 g/mol. The quantitative estimate of drug-likeness (QED) is 0.108. The van der Waals surface area contributed by atoms with E-state index in [-0.39, 0.29) is 19.8 Å². The van der Waals surface area contributed by atoms with E-state index in [2.05, 4.69) is 152 Å². The summed E-state index contributed by atoms with van der Waals surface area (Å²) >= 11 is 0. The van der Waals surface area contributed by atoms with Crippen molar-refractivity contribution in [2.24, 2.45) is 17.6 Å². The largest absolute Gasteiger partial charge is 0.341 e. The Hall–Kier alpha value is -5.77. The van der Waals surface area contributed by atoms with Gasteiger partial charge in [-0.25, -0.2) is 29.9 Å². The van der Waals surface area contributed by atoms with Crippen LogP contribution in [0.5, 0.6) is 0 Å². The average molecular weight is 1050 g/mol. The van der Waals surface area contributed by atoms with E-state index in [9.17, 15) is 9.59 Å². The van der Waals surface area contributed by atoms with Crippen molar-refractivity contribution >= 4 is 48.0 Å². The summed E-state index contributed by atoms with van der Waals surface area (Å²) < 4.78 is 0. The Bertz CT molecular complexity index is 2310. The third-order valence-corrected chi connectivity index (χ3v) is 13.6. The van der Waals surface area contributed by atoms with E-state index < -0.39 is 0 Å². The zero-order valence-corrected chi connectivity index (χ0v) is 45.9. The molecule has 4 N–H and O–H groups in total. The van der Waals surface area contributed by atoms with E-state index >= 15 is 0 Å². The molecule has 2 saturated carbocycles. The molecule has 3 aromatic heterocycles. The molecule has 3 saturated heterocycles. The fourth-order valence-corrected chi connectivity index (χ4v) is 8.76. The predicted octanol–water partition coefficient (Wildman–Crippen LogP) is 9.99. The third-order valence-electron chi connectivity index (χ3n) is 13.6. The highest BCUT2D eigenvalue weighted by Gasteiger charge is 2.40. The minimum Gasteiger partial charge on any atom is -0.341 e. The van der Waals surface area contributed by atoms with Crippen molar-refractivity contribution < 1.29 is 9.59 Å². The molecule has 5 aromatic rings. The van der Waals surface area contributed by atoms with Gasteiger partial charge in [0, 0.05) is 127 Å². The van der Waals surface area contributed by atoms with Gasteiger partial charge in [-0.3, -0.25) is 9.59 Å². The van der Waals surface area contributed by atoms with Crippen LogP contribution in [0.25, 0.3) is 12.2 Å². The van der Waals surface area contributed by atoms with Gasteiger partial charge in [0.15, 0.2) is 0 Å². The van der Waals surface area contributed by atoms with Gasteiger partial charge in [0.1, 0.15) is 17.4 Å². The Morgan fingerprint density at radius 3 is 1.40 bits per heavy atom. The number of nitrogens with one attached hydrogen (secondary N) is 2. The second-order valence-corrected chi connectivity index (χ2v) is 19.0. The number of anilines is 2. The molecule has 408 valence electrons. The molecular weight excluding hydrogens is 956 g/mol. The molecule has 75 heavy (non-hydrogen) atoms. The van der Waals surface area contributed by atoms with E-state index in [1.165, 1.54) is 61.2 Å². The zero-order valence-electron chi connectivity index (χ0n) is 45.1. The minimum atomic E-state index is 0. The number of rotatable bonds is 12. The van der Waals surface area contributed by atoms with Gasteiger partial charge in [-0.2, -0.15) is 0 Å². The Morgan fingerprint density at radius 2 is 1.03 bits per heavy atom. The lowest BCUT2D eigenvalue weighted by atomic mass is 10.0. The fraction of sp³-hybridized carbons (Fsp3) is 0.500. The van der Waals surface area contributed by atoms with Gasteiger partial charge in [-0.1, -0.05) is 119 Å². The van der Waals surface area contributed by atoms with Gasteiger partial charge in [0.25, 0.3) is 0 Å². The van der Waals surface area contributed by atoms with Gasteiger partial charge >= 0.3 is 0 Å². The first-order valence-electron chi connectivity index (χ1n) is 26.8. The van der Waals surface area contributed by atoms with Gasteiger partial charge in [0.05, 0.1) is 0 Å². The summed E-state index contributed by atoms with van der Waals surface area (Å²) in [6.07, 6.45) is 23.6. The van der Waals surface area contributed by atoms with Gasteiger partial charge < -0.3 is 31.1 Å². The minimum absolute atomic E-state index is 0. The normalized spacial score (nSPS) is 19.9.